The minimum absolute atomic E-state index is 0.338. The average Bonchev–Trinajstić information content (AvgIpc) is 2.86. The summed E-state index contributed by atoms with van der Waals surface area (Å²) in [6.07, 6.45) is 0. The normalized spacial score (nSPS) is 10.9. The summed E-state index contributed by atoms with van der Waals surface area (Å²) in [5.74, 6) is -0.466. The van der Waals surface area contributed by atoms with Gasteiger partial charge in [0.1, 0.15) is 22.7 Å². The van der Waals surface area contributed by atoms with Crippen LogP contribution in [0, 0.1) is 12.7 Å². The third-order valence-electron chi connectivity index (χ3n) is 3.47. The Morgan fingerprint density at radius 2 is 1.91 bits per heavy atom. The van der Waals surface area contributed by atoms with Gasteiger partial charge >= 0.3 is 5.97 Å². The van der Waals surface area contributed by atoms with Crippen molar-refractivity contribution in [2.45, 2.75) is 6.92 Å². The average molecular weight is 363 g/mol. The second kappa shape index (κ2) is 5.57. The number of hydrogen-bond acceptors (Lipinski definition) is 3. The van der Waals surface area contributed by atoms with Gasteiger partial charge in [0.25, 0.3) is 0 Å². The molecule has 3 rings (SSSR count). The molecule has 22 heavy (non-hydrogen) atoms. The van der Waals surface area contributed by atoms with Crippen LogP contribution in [0.25, 0.3) is 22.3 Å². The molecule has 1 heterocycles. The molecule has 0 bridgehead atoms. The van der Waals surface area contributed by atoms with Gasteiger partial charge in [0.2, 0.25) is 0 Å². The van der Waals surface area contributed by atoms with E-state index in [2.05, 4.69) is 15.9 Å². The maximum absolute atomic E-state index is 13.1. The highest BCUT2D eigenvalue weighted by atomic mass is 79.9. The number of esters is 1. The van der Waals surface area contributed by atoms with Gasteiger partial charge < -0.3 is 9.15 Å². The molecule has 0 aliphatic rings. The van der Waals surface area contributed by atoms with E-state index >= 15 is 0 Å². The Labute approximate surface area is 134 Å². The van der Waals surface area contributed by atoms with E-state index in [1.165, 1.54) is 19.2 Å². The lowest BCUT2D eigenvalue weighted by molar-refractivity contribution is 0.0603. The number of aryl methyl sites for hydroxylation is 1. The summed E-state index contributed by atoms with van der Waals surface area (Å²) in [6, 6.07) is 9.46. The number of rotatable bonds is 2. The van der Waals surface area contributed by atoms with Crippen molar-refractivity contribution < 1.29 is 18.3 Å². The molecule has 0 atom stereocenters. The summed E-state index contributed by atoms with van der Waals surface area (Å²) in [4.78, 5) is 12.2. The Hall–Kier alpha value is -2.14. The fraction of sp³-hybridized carbons (Fsp3) is 0.118. The molecule has 2 aromatic carbocycles. The second-order valence-corrected chi connectivity index (χ2v) is 5.76. The quantitative estimate of drug-likeness (QED) is 0.595. The Bertz CT molecular complexity index is 866. The number of methoxy groups -OCH3 is 1. The highest BCUT2D eigenvalue weighted by Gasteiger charge is 2.23. The molecule has 0 saturated heterocycles. The van der Waals surface area contributed by atoms with Crippen molar-refractivity contribution in [3.8, 4) is 11.3 Å². The van der Waals surface area contributed by atoms with Crippen molar-refractivity contribution in [2.75, 3.05) is 7.11 Å². The molecule has 0 saturated carbocycles. The number of carbonyl (C=O) groups is 1. The van der Waals surface area contributed by atoms with Crippen LogP contribution in [-0.2, 0) is 4.74 Å². The maximum atomic E-state index is 13.1. The summed E-state index contributed by atoms with van der Waals surface area (Å²) in [6.45, 7) is 1.93. The van der Waals surface area contributed by atoms with Gasteiger partial charge in [-0.05, 0) is 48.9 Å². The van der Waals surface area contributed by atoms with Crippen LogP contribution in [0.4, 0.5) is 4.39 Å². The first-order valence-corrected chi connectivity index (χ1v) is 7.37. The zero-order valence-electron chi connectivity index (χ0n) is 11.9. The number of benzene rings is 2. The van der Waals surface area contributed by atoms with Gasteiger partial charge in [-0.2, -0.15) is 0 Å². The summed E-state index contributed by atoms with van der Waals surface area (Å²) in [5.41, 5.74) is 2.53. The number of ether oxygens (including phenoxy) is 1. The molecule has 0 aliphatic carbocycles. The first-order valence-electron chi connectivity index (χ1n) is 6.58. The molecule has 0 aliphatic heterocycles. The van der Waals surface area contributed by atoms with E-state index < -0.39 is 5.97 Å². The second-order valence-electron chi connectivity index (χ2n) is 4.90. The van der Waals surface area contributed by atoms with Crippen LogP contribution in [0.5, 0.6) is 0 Å². The fourth-order valence-electron chi connectivity index (χ4n) is 2.33. The summed E-state index contributed by atoms with van der Waals surface area (Å²) in [5, 5.41) is 0.656. The molecule has 0 N–H and O–H groups in total. The molecule has 3 nitrogen and oxygen atoms in total. The minimum atomic E-state index is -0.492. The van der Waals surface area contributed by atoms with Crippen molar-refractivity contribution >= 4 is 32.9 Å². The zero-order valence-corrected chi connectivity index (χ0v) is 13.5. The van der Waals surface area contributed by atoms with Gasteiger partial charge in [0, 0.05) is 15.4 Å². The van der Waals surface area contributed by atoms with Gasteiger partial charge in [0.05, 0.1) is 7.11 Å². The molecule has 0 fully saturated rings. The van der Waals surface area contributed by atoms with E-state index in [0.717, 1.165) is 10.0 Å². The Balaban J connectivity index is 2.33. The van der Waals surface area contributed by atoms with Crippen molar-refractivity contribution in [3.05, 3.63) is 57.8 Å². The highest BCUT2D eigenvalue weighted by molar-refractivity contribution is 9.10. The van der Waals surface area contributed by atoms with Gasteiger partial charge in [0.15, 0.2) is 0 Å². The van der Waals surface area contributed by atoms with Gasteiger partial charge in [-0.3, -0.25) is 0 Å². The number of fused-ring (bicyclic) bond motifs is 1. The molecule has 3 aromatic rings. The van der Waals surface area contributed by atoms with Gasteiger partial charge in [-0.25, -0.2) is 9.18 Å². The predicted molar refractivity (Wildman–Crippen MR) is 85.4 cm³/mol. The van der Waals surface area contributed by atoms with Crippen LogP contribution in [0.3, 0.4) is 0 Å². The van der Waals surface area contributed by atoms with Gasteiger partial charge in [-0.15, -0.1) is 0 Å². The molecule has 5 heteroatoms. The van der Waals surface area contributed by atoms with Crippen LogP contribution in [0.2, 0.25) is 0 Å². The van der Waals surface area contributed by atoms with Crippen molar-refractivity contribution in [3.63, 3.8) is 0 Å². The molecule has 0 spiro atoms. The smallest absolute Gasteiger partial charge is 0.342 e. The van der Waals surface area contributed by atoms with Crippen LogP contribution >= 0.6 is 15.9 Å². The number of hydrogen-bond donors (Lipinski definition) is 0. The van der Waals surface area contributed by atoms with Crippen molar-refractivity contribution in [2.24, 2.45) is 0 Å². The minimum Gasteiger partial charge on any atom is -0.465 e. The SMILES string of the molecule is COC(=O)c1c(-c2ccc(F)cc2)oc2cc(C)c(Br)cc12. The van der Waals surface area contributed by atoms with Crippen LogP contribution in [0.1, 0.15) is 15.9 Å². The van der Waals surface area contributed by atoms with Crippen LogP contribution < -0.4 is 0 Å². The fourth-order valence-corrected chi connectivity index (χ4v) is 2.67. The topological polar surface area (TPSA) is 39.4 Å². The lowest BCUT2D eigenvalue weighted by Crippen LogP contribution is -2.02. The van der Waals surface area contributed by atoms with Crippen LogP contribution in [0.15, 0.2) is 45.3 Å². The third kappa shape index (κ3) is 2.41. The van der Waals surface area contributed by atoms with E-state index in [4.69, 9.17) is 9.15 Å². The molecular formula is C17H12BrFO3. The van der Waals surface area contributed by atoms with E-state index in [0.29, 0.717) is 27.9 Å². The molecule has 0 unspecified atom stereocenters. The number of furan rings is 1. The number of carbonyl (C=O) groups excluding carboxylic acids is 1. The highest BCUT2D eigenvalue weighted by Crippen LogP contribution is 2.36. The molecule has 112 valence electrons. The van der Waals surface area contributed by atoms with E-state index in [-0.39, 0.29) is 5.82 Å². The Kier molecular flexibility index (Phi) is 3.74. The summed E-state index contributed by atoms with van der Waals surface area (Å²) < 4.78 is 24.7. The predicted octanol–water partition coefficient (Wildman–Crippen LogP) is 5.10. The summed E-state index contributed by atoms with van der Waals surface area (Å²) >= 11 is 3.45. The lowest BCUT2D eigenvalue weighted by atomic mass is 10.0. The van der Waals surface area contributed by atoms with E-state index in [9.17, 15) is 9.18 Å². The van der Waals surface area contributed by atoms with Crippen molar-refractivity contribution in [1.29, 1.82) is 0 Å². The Morgan fingerprint density at radius 3 is 2.55 bits per heavy atom. The molecule has 0 amide bonds. The van der Waals surface area contributed by atoms with Crippen molar-refractivity contribution in [1.82, 2.24) is 0 Å². The molecule has 1 aromatic heterocycles. The number of halogens is 2. The third-order valence-corrected chi connectivity index (χ3v) is 4.32. The van der Waals surface area contributed by atoms with E-state index in [1.807, 2.05) is 19.1 Å². The standard InChI is InChI=1S/C17H12BrFO3/c1-9-7-14-12(8-13(9)18)15(17(20)21-2)16(22-14)10-3-5-11(19)6-4-10/h3-8H,1-2H3. The van der Waals surface area contributed by atoms with Gasteiger partial charge in [-0.1, -0.05) is 15.9 Å². The summed E-state index contributed by atoms with van der Waals surface area (Å²) in [7, 11) is 1.32. The Morgan fingerprint density at radius 1 is 1.23 bits per heavy atom. The van der Waals surface area contributed by atoms with E-state index in [1.54, 1.807) is 12.1 Å². The van der Waals surface area contributed by atoms with Crippen LogP contribution in [-0.4, -0.2) is 13.1 Å². The lowest BCUT2D eigenvalue weighted by Gasteiger charge is -2.02. The molecule has 0 radical (unpaired) electrons. The maximum Gasteiger partial charge on any atom is 0.342 e. The largest absolute Gasteiger partial charge is 0.465 e. The first-order chi connectivity index (χ1) is 10.5. The molecular weight excluding hydrogens is 351 g/mol. The zero-order chi connectivity index (χ0) is 15.9. The monoisotopic (exact) mass is 362 g/mol. The first kappa shape index (κ1) is 14.8.